The van der Waals surface area contributed by atoms with Gasteiger partial charge < -0.3 is 14.4 Å². The van der Waals surface area contributed by atoms with Crippen molar-refractivity contribution in [2.45, 2.75) is 45.0 Å². The fraction of sp³-hybridized carbons (Fsp3) is 0.444. The predicted molar refractivity (Wildman–Crippen MR) is 93.0 cm³/mol. The highest BCUT2D eigenvalue weighted by Crippen LogP contribution is 2.36. The van der Waals surface area contributed by atoms with Crippen molar-refractivity contribution < 1.29 is 27.8 Å². The second-order valence-electron chi connectivity index (χ2n) is 6.47. The first kappa shape index (κ1) is 19.7. The Bertz CT molecular complexity index is 858. The summed E-state index contributed by atoms with van der Waals surface area (Å²) in [5, 5.41) is 9.45. The molecule has 1 aromatic carbocycles. The minimum Gasteiger partial charge on any atom is -0.476 e. The summed E-state index contributed by atoms with van der Waals surface area (Å²) in [4.78, 5) is 15.6. The monoisotopic (exact) mass is 402 g/mol. The van der Waals surface area contributed by atoms with Crippen molar-refractivity contribution in [3.05, 3.63) is 40.2 Å². The molecule has 0 amide bonds. The van der Waals surface area contributed by atoms with Gasteiger partial charge in [0.2, 0.25) is 0 Å². The number of aromatic nitrogens is 2. The van der Waals surface area contributed by atoms with Gasteiger partial charge in [0, 0.05) is 17.9 Å². The number of nitrogens with zero attached hydrogens (tertiary/aromatic N) is 2. The Kier molecular flexibility index (Phi) is 5.48. The van der Waals surface area contributed by atoms with E-state index in [-0.39, 0.29) is 28.2 Å². The molecule has 2 aromatic rings. The summed E-state index contributed by atoms with van der Waals surface area (Å²) in [7, 11) is 0. The van der Waals surface area contributed by atoms with E-state index in [1.54, 1.807) is 11.5 Å². The van der Waals surface area contributed by atoms with Gasteiger partial charge >= 0.3 is 12.1 Å². The maximum atomic E-state index is 13.1. The molecule has 1 saturated heterocycles. The molecule has 2 heterocycles. The Morgan fingerprint density at radius 2 is 2.15 bits per heavy atom. The zero-order chi connectivity index (χ0) is 19.8. The number of carboxylic acid groups (broad SMARTS) is 1. The molecule has 146 valence electrons. The van der Waals surface area contributed by atoms with E-state index < -0.39 is 17.7 Å². The van der Waals surface area contributed by atoms with E-state index in [0.717, 1.165) is 37.5 Å². The van der Waals surface area contributed by atoms with E-state index in [2.05, 4.69) is 4.98 Å². The molecule has 1 fully saturated rings. The number of aromatic carboxylic acids is 1. The van der Waals surface area contributed by atoms with Crippen molar-refractivity contribution >= 4 is 17.6 Å². The topological polar surface area (TPSA) is 64.3 Å². The summed E-state index contributed by atoms with van der Waals surface area (Å²) < 4.78 is 46.6. The van der Waals surface area contributed by atoms with Gasteiger partial charge in [-0.3, -0.25) is 0 Å². The quantitative estimate of drug-likeness (QED) is 0.798. The second-order valence-corrected chi connectivity index (χ2v) is 6.87. The molecule has 27 heavy (non-hydrogen) atoms. The van der Waals surface area contributed by atoms with Crippen LogP contribution in [0.25, 0.3) is 11.4 Å². The molecule has 1 atom stereocenters. The lowest BCUT2D eigenvalue weighted by Crippen LogP contribution is -2.25. The molecular weight excluding hydrogens is 385 g/mol. The maximum absolute atomic E-state index is 13.1. The molecule has 0 saturated carbocycles. The van der Waals surface area contributed by atoms with E-state index in [9.17, 15) is 23.1 Å². The van der Waals surface area contributed by atoms with Crippen molar-refractivity contribution in [1.29, 1.82) is 0 Å². The first-order valence-electron chi connectivity index (χ1n) is 8.47. The van der Waals surface area contributed by atoms with Crippen LogP contribution in [0.2, 0.25) is 5.02 Å². The van der Waals surface area contributed by atoms with Crippen molar-refractivity contribution in [2.75, 3.05) is 6.61 Å². The number of benzene rings is 1. The molecule has 9 heteroatoms. The first-order chi connectivity index (χ1) is 12.7. The van der Waals surface area contributed by atoms with Gasteiger partial charge in [-0.1, -0.05) is 11.6 Å². The zero-order valence-corrected chi connectivity index (χ0v) is 15.3. The lowest BCUT2D eigenvalue weighted by molar-refractivity contribution is -0.137. The van der Waals surface area contributed by atoms with Gasteiger partial charge in [0.1, 0.15) is 5.82 Å². The van der Waals surface area contributed by atoms with Crippen molar-refractivity contribution in [2.24, 2.45) is 0 Å². The summed E-state index contributed by atoms with van der Waals surface area (Å²) in [5.41, 5.74) is -0.702. The van der Waals surface area contributed by atoms with Gasteiger partial charge in [0.15, 0.2) is 5.69 Å². The third kappa shape index (κ3) is 4.11. The van der Waals surface area contributed by atoms with Crippen LogP contribution in [-0.4, -0.2) is 33.3 Å². The SMILES string of the molecule is Cc1c(C(=O)O)nc(-c2cc(C(F)(F)F)ccc2Cl)n1CC1CCCCO1. The highest BCUT2D eigenvalue weighted by Gasteiger charge is 2.32. The molecule has 0 aliphatic carbocycles. The van der Waals surface area contributed by atoms with Crippen LogP contribution in [0.5, 0.6) is 0 Å². The second kappa shape index (κ2) is 7.52. The van der Waals surface area contributed by atoms with Gasteiger partial charge in [-0.2, -0.15) is 13.2 Å². The molecule has 1 aromatic heterocycles. The van der Waals surface area contributed by atoms with Crippen LogP contribution in [0, 0.1) is 6.92 Å². The summed E-state index contributed by atoms with van der Waals surface area (Å²) >= 11 is 6.14. The average molecular weight is 403 g/mol. The average Bonchev–Trinajstić information content (AvgIpc) is 2.92. The number of rotatable bonds is 4. The summed E-state index contributed by atoms with van der Waals surface area (Å²) in [6.07, 6.45) is -1.99. The Labute approximate surface area is 158 Å². The third-order valence-electron chi connectivity index (χ3n) is 4.62. The van der Waals surface area contributed by atoms with Gasteiger partial charge in [-0.25, -0.2) is 9.78 Å². The number of alkyl halides is 3. The number of ether oxygens (including phenoxy) is 1. The van der Waals surface area contributed by atoms with E-state index in [1.165, 1.54) is 0 Å². The standard InChI is InChI=1S/C18H18ClF3N2O3/c1-10-15(17(25)26)23-16(24(10)9-12-4-2-3-7-27-12)13-8-11(18(20,21)22)5-6-14(13)19/h5-6,8,12H,2-4,7,9H2,1H3,(H,25,26). The lowest BCUT2D eigenvalue weighted by Gasteiger charge is -2.24. The highest BCUT2D eigenvalue weighted by molar-refractivity contribution is 6.33. The molecule has 1 aliphatic rings. The number of carboxylic acids is 1. The number of halogens is 4. The third-order valence-corrected chi connectivity index (χ3v) is 4.95. The zero-order valence-electron chi connectivity index (χ0n) is 14.5. The Hall–Kier alpha value is -2.06. The van der Waals surface area contributed by atoms with Crippen molar-refractivity contribution in [3.8, 4) is 11.4 Å². The van der Waals surface area contributed by atoms with Crippen LogP contribution >= 0.6 is 11.6 Å². The molecular formula is C18H18ClF3N2O3. The van der Waals surface area contributed by atoms with Gasteiger partial charge in [-0.05, 0) is 44.4 Å². The van der Waals surface area contributed by atoms with E-state index in [4.69, 9.17) is 16.3 Å². The number of hydrogen-bond acceptors (Lipinski definition) is 3. The van der Waals surface area contributed by atoms with Crippen LogP contribution in [-0.2, 0) is 17.5 Å². The van der Waals surface area contributed by atoms with Gasteiger partial charge in [0.05, 0.1) is 23.2 Å². The van der Waals surface area contributed by atoms with E-state index >= 15 is 0 Å². The van der Waals surface area contributed by atoms with Gasteiger partial charge in [0.25, 0.3) is 0 Å². The normalized spacial score (nSPS) is 17.9. The Balaban J connectivity index is 2.11. The first-order valence-corrected chi connectivity index (χ1v) is 8.85. The number of imidazole rings is 1. The largest absolute Gasteiger partial charge is 0.476 e. The molecule has 3 rings (SSSR count). The molecule has 0 bridgehead atoms. The van der Waals surface area contributed by atoms with Crippen molar-refractivity contribution in [3.63, 3.8) is 0 Å². The van der Waals surface area contributed by atoms with Gasteiger partial charge in [-0.15, -0.1) is 0 Å². The molecule has 1 N–H and O–H groups in total. The number of hydrogen-bond donors (Lipinski definition) is 1. The van der Waals surface area contributed by atoms with Crippen LogP contribution < -0.4 is 0 Å². The Morgan fingerprint density at radius 3 is 2.74 bits per heavy atom. The van der Waals surface area contributed by atoms with E-state index in [1.807, 2.05) is 0 Å². The maximum Gasteiger partial charge on any atom is 0.416 e. The minimum atomic E-state index is -4.55. The summed E-state index contributed by atoms with van der Waals surface area (Å²) in [6, 6.07) is 2.92. The molecule has 0 radical (unpaired) electrons. The number of carbonyl (C=O) groups is 1. The highest BCUT2D eigenvalue weighted by atomic mass is 35.5. The van der Waals surface area contributed by atoms with E-state index in [0.29, 0.717) is 18.8 Å². The smallest absolute Gasteiger partial charge is 0.416 e. The van der Waals surface area contributed by atoms with Crippen LogP contribution in [0.1, 0.15) is 41.0 Å². The fourth-order valence-electron chi connectivity index (χ4n) is 3.19. The van der Waals surface area contributed by atoms with Crippen LogP contribution in [0.3, 0.4) is 0 Å². The molecule has 1 aliphatic heterocycles. The molecule has 0 spiro atoms. The summed E-state index contributed by atoms with van der Waals surface area (Å²) in [5.74, 6) is -1.16. The lowest BCUT2D eigenvalue weighted by atomic mass is 10.1. The minimum absolute atomic E-state index is 0.0397. The predicted octanol–water partition coefficient (Wildman–Crippen LogP) is 4.80. The fourth-order valence-corrected chi connectivity index (χ4v) is 3.40. The molecule has 5 nitrogen and oxygen atoms in total. The molecule has 1 unspecified atom stereocenters. The Morgan fingerprint density at radius 1 is 1.41 bits per heavy atom. The van der Waals surface area contributed by atoms with Crippen molar-refractivity contribution in [1.82, 2.24) is 9.55 Å². The van der Waals surface area contributed by atoms with Crippen LogP contribution in [0.4, 0.5) is 13.2 Å². The van der Waals surface area contributed by atoms with Crippen LogP contribution in [0.15, 0.2) is 18.2 Å². The summed E-state index contributed by atoms with van der Waals surface area (Å²) in [6.45, 7) is 2.47.